The van der Waals surface area contributed by atoms with Crippen LogP contribution in [0, 0.1) is 0 Å². The summed E-state index contributed by atoms with van der Waals surface area (Å²) in [5.74, 6) is -4.30. The zero-order valence-corrected chi connectivity index (χ0v) is 10.4. The minimum atomic E-state index is -2.02. The number of ether oxygens (including phenoxy) is 3. The molecule has 0 fully saturated rings. The van der Waals surface area contributed by atoms with Crippen molar-refractivity contribution >= 4 is 17.9 Å². The summed E-state index contributed by atoms with van der Waals surface area (Å²) < 4.78 is 14.4. The van der Waals surface area contributed by atoms with Gasteiger partial charge in [0.25, 0.3) is 0 Å². The topological polar surface area (TPSA) is 78.9 Å². The number of hydrogen-bond donors (Lipinski definition) is 0. The van der Waals surface area contributed by atoms with Crippen molar-refractivity contribution in [2.45, 2.75) is 40.1 Å². The normalized spacial score (nSPS) is 10.4. The van der Waals surface area contributed by atoms with E-state index < -0.39 is 23.9 Å². The van der Waals surface area contributed by atoms with Gasteiger partial charge >= 0.3 is 23.9 Å². The van der Waals surface area contributed by atoms with Crippen molar-refractivity contribution in [1.82, 2.24) is 0 Å². The third-order valence-corrected chi connectivity index (χ3v) is 1.63. The first-order valence-electron chi connectivity index (χ1n) is 5.00. The van der Waals surface area contributed by atoms with E-state index in [-0.39, 0.29) is 12.0 Å². The molecule has 0 aromatic rings. The van der Waals surface area contributed by atoms with Crippen molar-refractivity contribution in [3.05, 3.63) is 12.2 Å². The van der Waals surface area contributed by atoms with Crippen LogP contribution in [-0.2, 0) is 28.6 Å². The third kappa shape index (κ3) is 5.14. The minimum Gasteiger partial charge on any atom is -0.388 e. The van der Waals surface area contributed by atoms with E-state index in [1.165, 1.54) is 13.8 Å². The largest absolute Gasteiger partial charge is 0.423 e. The lowest BCUT2D eigenvalue weighted by atomic mass is 10.3. The molecule has 0 saturated carbocycles. The molecule has 0 amide bonds. The second-order valence-corrected chi connectivity index (χ2v) is 3.39. The first kappa shape index (κ1) is 15.2. The number of rotatable bonds is 5. The molecule has 0 heterocycles. The highest BCUT2D eigenvalue weighted by Gasteiger charge is 2.40. The van der Waals surface area contributed by atoms with Crippen LogP contribution >= 0.6 is 0 Å². The van der Waals surface area contributed by atoms with Crippen molar-refractivity contribution in [1.29, 1.82) is 0 Å². The van der Waals surface area contributed by atoms with Gasteiger partial charge in [-0.15, -0.1) is 0 Å². The maximum atomic E-state index is 11.4. The fourth-order valence-corrected chi connectivity index (χ4v) is 0.945. The SMILES string of the molecule is C=C(C)C(=O)OC(CC)(OC(C)=O)OC(C)=O. The summed E-state index contributed by atoms with van der Waals surface area (Å²) in [7, 11) is 0. The molecule has 0 spiro atoms. The smallest absolute Gasteiger partial charge is 0.388 e. The van der Waals surface area contributed by atoms with E-state index in [0.29, 0.717) is 0 Å². The van der Waals surface area contributed by atoms with Crippen molar-refractivity contribution < 1.29 is 28.6 Å². The van der Waals surface area contributed by atoms with Gasteiger partial charge in [0.2, 0.25) is 0 Å². The number of hydrogen-bond acceptors (Lipinski definition) is 6. The summed E-state index contributed by atoms with van der Waals surface area (Å²) in [5, 5.41) is 0. The van der Waals surface area contributed by atoms with Crippen molar-refractivity contribution in [3.63, 3.8) is 0 Å². The Morgan fingerprint density at radius 3 is 1.65 bits per heavy atom. The Morgan fingerprint density at radius 1 is 1.00 bits per heavy atom. The van der Waals surface area contributed by atoms with Crippen LogP contribution in [0.25, 0.3) is 0 Å². The van der Waals surface area contributed by atoms with E-state index in [1.54, 1.807) is 0 Å². The highest BCUT2D eigenvalue weighted by Crippen LogP contribution is 2.22. The molecule has 0 radical (unpaired) electrons. The van der Waals surface area contributed by atoms with Crippen molar-refractivity contribution in [2.24, 2.45) is 0 Å². The lowest BCUT2D eigenvalue weighted by molar-refractivity contribution is -0.327. The molecule has 0 aromatic carbocycles. The van der Waals surface area contributed by atoms with Crippen LogP contribution in [0.4, 0.5) is 0 Å². The highest BCUT2D eigenvalue weighted by molar-refractivity contribution is 5.87. The fraction of sp³-hybridized carbons (Fsp3) is 0.545. The number of carbonyl (C=O) groups is 3. The lowest BCUT2D eigenvalue weighted by Gasteiger charge is -2.29. The van der Waals surface area contributed by atoms with Crippen LogP contribution in [0.2, 0.25) is 0 Å². The van der Waals surface area contributed by atoms with E-state index in [2.05, 4.69) is 6.58 Å². The molecule has 0 aromatic heterocycles. The Morgan fingerprint density at radius 2 is 1.41 bits per heavy atom. The summed E-state index contributed by atoms with van der Waals surface area (Å²) in [6, 6.07) is 0. The van der Waals surface area contributed by atoms with Crippen LogP contribution in [-0.4, -0.2) is 23.9 Å². The molecule has 0 aliphatic carbocycles. The molecule has 0 atom stereocenters. The molecule has 0 bridgehead atoms. The van der Waals surface area contributed by atoms with E-state index in [0.717, 1.165) is 13.8 Å². The molecule has 0 rings (SSSR count). The predicted octanol–water partition coefficient (Wildman–Crippen LogP) is 1.30. The van der Waals surface area contributed by atoms with Gasteiger partial charge in [-0.2, -0.15) is 0 Å². The van der Waals surface area contributed by atoms with Gasteiger partial charge in [-0.05, 0) is 6.92 Å². The van der Waals surface area contributed by atoms with Gasteiger partial charge in [0.15, 0.2) is 0 Å². The zero-order chi connectivity index (χ0) is 13.6. The second-order valence-electron chi connectivity index (χ2n) is 3.39. The van der Waals surface area contributed by atoms with E-state index >= 15 is 0 Å². The second kappa shape index (κ2) is 6.03. The minimum absolute atomic E-state index is 0.0226. The monoisotopic (exact) mass is 244 g/mol. The molecule has 0 saturated heterocycles. The molecule has 0 aliphatic rings. The molecule has 0 aliphatic heterocycles. The molecule has 6 nitrogen and oxygen atoms in total. The maximum Gasteiger partial charge on any atom is 0.423 e. The molecular formula is C11H16O6. The van der Waals surface area contributed by atoms with Crippen LogP contribution in [0.3, 0.4) is 0 Å². The van der Waals surface area contributed by atoms with E-state index in [1.807, 2.05) is 0 Å². The summed E-state index contributed by atoms with van der Waals surface area (Å²) in [5.41, 5.74) is 0.0992. The summed E-state index contributed by atoms with van der Waals surface area (Å²) in [6.45, 7) is 8.56. The summed E-state index contributed by atoms with van der Waals surface area (Å²) in [4.78, 5) is 33.2. The average molecular weight is 244 g/mol. The Labute approximate surface area is 99.5 Å². The third-order valence-electron chi connectivity index (χ3n) is 1.63. The van der Waals surface area contributed by atoms with Crippen LogP contribution in [0.1, 0.15) is 34.1 Å². The first-order chi connectivity index (χ1) is 7.72. The highest BCUT2D eigenvalue weighted by atomic mass is 16.9. The van der Waals surface area contributed by atoms with Crippen LogP contribution < -0.4 is 0 Å². The van der Waals surface area contributed by atoms with Gasteiger partial charge in [0.1, 0.15) is 0 Å². The van der Waals surface area contributed by atoms with Crippen molar-refractivity contribution in [3.8, 4) is 0 Å². The Kier molecular flexibility index (Phi) is 5.37. The zero-order valence-electron chi connectivity index (χ0n) is 10.4. The van der Waals surface area contributed by atoms with E-state index in [4.69, 9.17) is 14.2 Å². The molecular weight excluding hydrogens is 228 g/mol. The van der Waals surface area contributed by atoms with Gasteiger partial charge in [-0.3, -0.25) is 9.59 Å². The van der Waals surface area contributed by atoms with E-state index in [9.17, 15) is 14.4 Å². The fourth-order valence-electron chi connectivity index (χ4n) is 0.945. The maximum absolute atomic E-state index is 11.4. The van der Waals surface area contributed by atoms with Gasteiger partial charge in [-0.1, -0.05) is 13.5 Å². The van der Waals surface area contributed by atoms with Gasteiger partial charge in [0, 0.05) is 19.4 Å². The average Bonchev–Trinajstić information content (AvgIpc) is 2.15. The first-order valence-corrected chi connectivity index (χ1v) is 5.00. The van der Waals surface area contributed by atoms with Crippen molar-refractivity contribution in [2.75, 3.05) is 0 Å². The van der Waals surface area contributed by atoms with Gasteiger partial charge < -0.3 is 14.2 Å². The Bertz CT molecular complexity index is 328. The Balaban J connectivity index is 5.03. The van der Waals surface area contributed by atoms with Gasteiger partial charge in [0.05, 0.1) is 6.42 Å². The molecule has 96 valence electrons. The number of carbonyl (C=O) groups excluding carboxylic acids is 3. The number of esters is 3. The quantitative estimate of drug-likeness (QED) is 0.412. The molecule has 0 N–H and O–H groups in total. The summed E-state index contributed by atoms with van der Waals surface area (Å²) in [6.07, 6.45) is -0.0226. The summed E-state index contributed by atoms with van der Waals surface area (Å²) >= 11 is 0. The Hall–Kier alpha value is -1.85. The predicted molar refractivity (Wildman–Crippen MR) is 57.5 cm³/mol. The van der Waals surface area contributed by atoms with Gasteiger partial charge in [-0.25, -0.2) is 4.79 Å². The standard InChI is InChI=1S/C11H16O6/c1-6-11(15-8(4)12,16-9(5)13)17-10(14)7(2)3/h2,6H2,1,3-5H3. The van der Waals surface area contributed by atoms with Crippen LogP contribution in [0.5, 0.6) is 0 Å². The molecule has 6 heteroatoms. The lowest BCUT2D eigenvalue weighted by Crippen LogP contribution is -2.43. The molecule has 0 unspecified atom stereocenters. The molecule has 17 heavy (non-hydrogen) atoms. The van der Waals surface area contributed by atoms with Crippen LogP contribution in [0.15, 0.2) is 12.2 Å².